The van der Waals surface area contributed by atoms with Gasteiger partial charge in [-0.25, -0.2) is 0 Å². The lowest BCUT2D eigenvalue weighted by Crippen LogP contribution is -2.29. The van der Waals surface area contributed by atoms with Crippen LogP contribution in [0.25, 0.3) is 0 Å². The minimum atomic E-state index is -3.41. The van der Waals surface area contributed by atoms with Gasteiger partial charge in [-0.3, -0.25) is 13.9 Å². The van der Waals surface area contributed by atoms with Crippen molar-refractivity contribution in [1.82, 2.24) is 0 Å². The number of primary amides is 1. The van der Waals surface area contributed by atoms with Crippen molar-refractivity contribution >= 4 is 13.0 Å². The molecule has 0 aromatic rings. The predicted octanol–water partition coefficient (Wildman–Crippen LogP) is 0.851. The summed E-state index contributed by atoms with van der Waals surface area (Å²) in [5.74, 6) is -0.0416. The van der Waals surface area contributed by atoms with E-state index in [0.29, 0.717) is 6.42 Å². The van der Waals surface area contributed by atoms with Crippen molar-refractivity contribution < 1.29 is 13.9 Å². The van der Waals surface area contributed by atoms with Crippen LogP contribution >= 0.6 is 7.37 Å². The number of carbonyl (C=O) groups excluding carboxylic acids is 1. The van der Waals surface area contributed by atoms with Crippen LogP contribution in [0.4, 0.5) is 4.79 Å². The highest BCUT2D eigenvalue weighted by Gasteiger charge is 2.54. The molecule has 1 amide bonds. The Bertz CT molecular complexity index is 304. The average Bonchev–Trinajstić information content (AvgIpc) is 2.59. The molecule has 0 heterocycles. The Hall–Kier alpha value is -0.640. The first-order valence-electron chi connectivity index (χ1n) is 3.81. The van der Waals surface area contributed by atoms with Crippen LogP contribution in [0.15, 0.2) is 12.7 Å². The van der Waals surface area contributed by atoms with Crippen LogP contribution in [0, 0.1) is 5.92 Å². The number of rotatable bonds is 4. The van der Waals surface area contributed by atoms with E-state index in [1.165, 1.54) is 6.66 Å². The minimum absolute atomic E-state index is 0.0416. The fourth-order valence-corrected chi connectivity index (χ4v) is 1.99. The Labute approximate surface area is 76.6 Å². The molecule has 3 atom stereocenters. The number of hydrogen-bond acceptors (Lipinski definition) is 4. The zero-order valence-corrected chi connectivity index (χ0v) is 8.29. The Morgan fingerprint density at radius 1 is 1.85 bits per heavy atom. The van der Waals surface area contributed by atoms with Crippen molar-refractivity contribution in [3.8, 4) is 0 Å². The molecule has 0 aromatic carbocycles. The highest BCUT2D eigenvalue weighted by Crippen LogP contribution is 2.55. The van der Waals surface area contributed by atoms with E-state index < -0.39 is 18.7 Å². The summed E-state index contributed by atoms with van der Waals surface area (Å²) in [5, 5.41) is 0. The van der Waals surface area contributed by atoms with Gasteiger partial charge in [0.1, 0.15) is 5.72 Å². The molecule has 0 radical (unpaired) electrons. The summed E-state index contributed by atoms with van der Waals surface area (Å²) in [7, 11) is -3.41. The molecule has 1 aliphatic rings. The Morgan fingerprint density at radius 3 is 2.69 bits per heavy atom. The largest absolute Gasteiger partial charge is 0.361 e. The monoisotopic (exact) mass is 204 g/mol. The van der Waals surface area contributed by atoms with Crippen molar-refractivity contribution in [2.75, 3.05) is 6.66 Å². The molecule has 74 valence electrons. The Kier molecular flexibility index (Phi) is 2.36. The maximum atomic E-state index is 11.4. The van der Waals surface area contributed by atoms with Crippen molar-refractivity contribution in [3.05, 3.63) is 12.7 Å². The highest BCUT2D eigenvalue weighted by atomic mass is 31.2. The van der Waals surface area contributed by atoms with Gasteiger partial charge in [-0.1, -0.05) is 6.08 Å². The molecule has 0 aromatic heterocycles. The predicted molar refractivity (Wildman–Crippen MR) is 49.4 cm³/mol. The van der Waals surface area contributed by atoms with E-state index in [4.69, 9.17) is 16.0 Å². The van der Waals surface area contributed by atoms with Crippen LogP contribution in [0.2, 0.25) is 0 Å². The third-order valence-corrected chi connectivity index (χ3v) is 3.52. The van der Waals surface area contributed by atoms with Crippen molar-refractivity contribution in [2.24, 2.45) is 17.4 Å². The summed E-state index contributed by atoms with van der Waals surface area (Å²) in [6.07, 6.45) is 2.14. The van der Waals surface area contributed by atoms with Gasteiger partial charge in [0, 0.05) is 19.0 Å². The second-order valence-corrected chi connectivity index (χ2v) is 5.59. The topological polar surface area (TPSA) is 95.4 Å². The summed E-state index contributed by atoms with van der Waals surface area (Å²) >= 11 is 0. The quantitative estimate of drug-likeness (QED) is 0.403. The van der Waals surface area contributed by atoms with Gasteiger partial charge in [-0.2, -0.15) is 0 Å². The molecular formula is C7H13N2O3P. The lowest BCUT2D eigenvalue weighted by molar-refractivity contribution is 0.180. The van der Waals surface area contributed by atoms with E-state index in [1.807, 2.05) is 0 Å². The second kappa shape index (κ2) is 2.94. The Balaban J connectivity index is 2.66. The smallest absolute Gasteiger partial charge is 0.302 e. The fraction of sp³-hybridized carbons (Fsp3) is 0.571. The zero-order valence-electron chi connectivity index (χ0n) is 7.40. The van der Waals surface area contributed by atoms with Gasteiger partial charge in [0.15, 0.2) is 0 Å². The Morgan fingerprint density at radius 2 is 2.38 bits per heavy atom. The molecule has 1 rings (SSSR count). The summed E-state index contributed by atoms with van der Waals surface area (Å²) in [4.78, 5) is 10.7. The van der Waals surface area contributed by atoms with Crippen LogP contribution in [-0.2, 0) is 9.09 Å². The van der Waals surface area contributed by atoms with Gasteiger partial charge in [0.2, 0.25) is 0 Å². The molecule has 6 heteroatoms. The summed E-state index contributed by atoms with van der Waals surface area (Å²) in [6, 6.07) is 0. The third kappa shape index (κ3) is 1.99. The highest BCUT2D eigenvalue weighted by molar-refractivity contribution is 7.75. The summed E-state index contributed by atoms with van der Waals surface area (Å²) < 4.78 is 16.4. The molecule has 3 unspecified atom stereocenters. The maximum Gasteiger partial charge on any atom is 0.302 e. The number of nitrogens with two attached hydrogens (primary N) is 2. The van der Waals surface area contributed by atoms with E-state index in [2.05, 4.69) is 6.58 Å². The molecule has 4 N–H and O–H groups in total. The molecule has 1 fully saturated rings. The van der Waals surface area contributed by atoms with Gasteiger partial charge in [-0.05, 0) is 0 Å². The number of carbonyl (C=O) groups is 1. The lowest BCUT2D eigenvalue weighted by Gasteiger charge is -2.16. The van der Waals surface area contributed by atoms with Gasteiger partial charge in [-0.15, -0.1) is 6.58 Å². The van der Waals surface area contributed by atoms with Crippen molar-refractivity contribution in [3.63, 3.8) is 0 Å². The van der Waals surface area contributed by atoms with Crippen molar-refractivity contribution in [1.29, 1.82) is 0 Å². The number of hydrogen-bond donors (Lipinski definition) is 2. The summed E-state index contributed by atoms with van der Waals surface area (Å²) in [5.41, 5.74) is 8.58. The lowest BCUT2D eigenvalue weighted by atomic mass is 10.4. The molecule has 1 saturated carbocycles. The SMILES string of the molecule is C=CC1CC1(N)OP(C)(=O)C(N)=O. The van der Waals surface area contributed by atoms with Gasteiger partial charge >= 0.3 is 5.65 Å². The van der Waals surface area contributed by atoms with Crippen molar-refractivity contribution in [2.45, 2.75) is 12.1 Å². The van der Waals surface area contributed by atoms with Crippen LogP contribution in [-0.4, -0.2) is 18.0 Å². The molecule has 13 heavy (non-hydrogen) atoms. The molecule has 1 aliphatic carbocycles. The van der Waals surface area contributed by atoms with Gasteiger partial charge < -0.3 is 11.5 Å². The van der Waals surface area contributed by atoms with E-state index >= 15 is 0 Å². The van der Waals surface area contributed by atoms with Crippen LogP contribution in [0.5, 0.6) is 0 Å². The minimum Gasteiger partial charge on any atom is -0.361 e. The molecule has 0 saturated heterocycles. The first-order chi connectivity index (χ1) is 5.82. The van der Waals surface area contributed by atoms with Gasteiger partial charge in [0.25, 0.3) is 7.37 Å². The number of amides is 1. The van der Waals surface area contributed by atoms with E-state index in [1.54, 1.807) is 6.08 Å². The molecule has 0 bridgehead atoms. The third-order valence-electron chi connectivity index (χ3n) is 2.04. The normalized spacial score (nSPS) is 36.3. The fourth-order valence-electron chi connectivity index (χ4n) is 1.04. The molecule has 0 spiro atoms. The van der Waals surface area contributed by atoms with E-state index in [9.17, 15) is 9.36 Å². The van der Waals surface area contributed by atoms with E-state index in [0.717, 1.165) is 0 Å². The van der Waals surface area contributed by atoms with Gasteiger partial charge in [0.05, 0.1) is 0 Å². The molecule has 0 aliphatic heterocycles. The first-order valence-corrected chi connectivity index (χ1v) is 5.89. The second-order valence-electron chi connectivity index (χ2n) is 3.28. The summed E-state index contributed by atoms with van der Waals surface area (Å²) in [6.45, 7) is 4.70. The van der Waals surface area contributed by atoms with Crippen LogP contribution < -0.4 is 11.5 Å². The van der Waals surface area contributed by atoms with E-state index in [-0.39, 0.29) is 5.92 Å². The molecule has 5 nitrogen and oxygen atoms in total. The average molecular weight is 204 g/mol. The zero-order chi connectivity index (χ0) is 10.3. The standard InChI is InChI=1S/C7H13N2O3P/c1-3-5-4-7(5,9)12-13(2,11)6(8)10/h3,5H,1,4,9H2,2H3,(H2,8,10). The maximum absolute atomic E-state index is 11.4. The van der Waals surface area contributed by atoms with Crippen LogP contribution in [0.1, 0.15) is 6.42 Å². The first kappa shape index (κ1) is 10.4. The molecular weight excluding hydrogens is 191 g/mol. The van der Waals surface area contributed by atoms with Crippen LogP contribution in [0.3, 0.4) is 0 Å².